The SMILES string of the molecule is Cc1cccc(CN2CC(CO)CC2=O)c1. The molecular formula is C13H17NO2. The van der Waals surface area contributed by atoms with E-state index in [2.05, 4.69) is 6.07 Å². The van der Waals surface area contributed by atoms with Gasteiger partial charge in [-0.1, -0.05) is 29.8 Å². The van der Waals surface area contributed by atoms with Crippen molar-refractivity contribution in [3.8, 4) is 0 Å². The van der Waals surface area contributed by atoms with Crippen molar-refractivity contribution in [3.05, 3.63) is 35.4 Å². The van der Waals surface area contributed by atoms with E-state index < -0.39 is 0 Å². The number of carbonyl (C=O) groups is 1. The molecule has 0 bridgehead atoms. The third kappa shape index (κ3) is 2.42. The van der Waals surface area contributed by atoms with Gasteiger partial charge in [-0.2, -0.15) is 0 Å². The minimum Gasteiger partial charge on any atom is -0.396 e. The molecule has 1 aromatic carbocycles. The summed E-state index contributed by atoms with van der Waals surface area (Å²) in [5, 5.41) is 9.03. The van der Waals surface area contributed by atoms with Crippen LogP contribution in [-0.2, 0) is 11.3 Å². The van der Waals surface area contributed by atoms with Gasteiger partial charge in [0.05, 0.1) is 0 Å². The van der Waals surface area contributed by atoms with Crippen LogP contribution >= 0.6 is 0 Å². The zero-order chi connectivity index (χ0) is 11.5. The van der Waals surface area contributed by atoms with Crippen molar-refractivity contribution in [3.63, 3.8) is 0 Å². The number of aliphatic hydroxyl groups is 1. The van der Waals surface area contributed by atoms with Crippen molar-refractivity contribution in [2.45, 2.75) is 19.9 Å². The fourth-order valence-corrected chi connectivity index (χ4v) is 2.16. The molecule has 1 unspecified atom stereocenters. The Kier molecular flexibility index (Phi) is 3.25. The molecule has 1 atom stereocenters. The second kappa shape index (κ2) is 4.66. The standard InChI is InChI=1S/C13H17NO2/c1-10-3-2-4-11(5-10)7-14-8-12(9-15)6-13(14)16/h2-5,12,15H,6-9H2,1H3. The Labute approximate surface area is 95.7 Å². The molecule has 1 saturated heterocycles. The lowest BCUT2D eigenvalue weighted by Crippen LogP contribution is -2.24. The van der Waals surface area contributed by atoms with E-state index in [4.69, 9.17) is 5.11 Å². The molecule has 1 amide bonds. The first-order valence-electron chi connectivity index (χ1n) is 5.63. The maximum atomic E-state index is 11.6. The van der Waals surface area contributed by atoms with Gasteiger partial charge in [-0.05, 0) is 12.5 Å². The molecule has 2 rings (SSSR count). The van der Waals surface area contributed by atoms with Gasteiger partial charge in [0, 0.05) is 32.0 Å². The van der Waals surface area contributed by atoms with Crippen molar-refractivity contribution in [1.29, 1.82) is 0 Å². The smallest absolute Gasteiger partial charge is 0.223 e. The monoisotopic (exact) mass is 219 g/mol. The molecule has 1 aromatic rings. The second-order valence-corrected chi connectivity index (χ2v) is 4.52. The molecule has 0 spiro atoms. The molecule has 86 valence electrons. The lowest BCUT2D eigenvalue weighted by Gasteiger charge is -2.16. The first-order valence-corrected chi connectivity index (χ1v) is 5.63. The summed E-state index contributed by atoms with van der Waals surface area (Å²) < 4.78 is 0. The zero-order valence-electron chi connectivity index (χ0n) is 9.52. The third-order valence-corrected chi connectivity index (χ3v) is 3.01. The fourth-order valence-electron chi connectivity index (χ4n) is 2.16. The van der Waals surface area contributed by atoms with Crippen LogP contribution in [0.3, 0.4) is 0 Å². The van der Waals surface area contributed by atoms with E-state index in [0.29, 0.717) is 19.5 Å². The quantitative estimate of drug-likeness (QED) is 0.833. The Balaban J connectivity index is 2.03. The zero-order valence-corrected chi connectivity index (χ0v) is 9.52. The maximum absolute atomic E-state index is 11.6. The Hall–Kier alpha value is -1.35. The number of rotatable bonds is 3. The van der Waals surface area contributed by atoms with Crippen LogP contribution in [0.5, 0.6) is 0 Å². The number of aliphatic hydroxyl groups excluding tert-OH is 1. The van der Waals surface area contributed by atoms with Crippen LogP contribution in [0, 0.1) is 12.8 Å². The molecule has 0 radical (unpaired) electrons. The second-order valence-electron chi connectivity index (χ2n) is 4.52. The number of carbonyl (C=O) groups excluding carboxylic acids is 1. The third-order valence-electron chi connectivity index (χ3n) is 3.01. The highest BCUT2D eigenvalue weighted by molar-refractivity contribution is 5.78. The van der Waals surface area contributed by atoms with Crippen LogP contribution in [0.25, 0.3) is 0 Å². The van der Waals surface area contributed by atoms with E-state index >= 15 is 0 Å². The molecule has 3 heteroatoms. The fraction of sp³-hybridized carbons (Fsp3) is 0.462. The molecule has 3 nitrogen and oxygen atoms in total. The summed E-state index contributed by atoms with van der Waals surface area (Å²) in [6.07, 6.45) is 0.488. The van der Waals surface area contributed by atoms with Gasteiger partial charge in [0.15, 0.2) is 0 Å². The molecular weight excluding hydrogens is 202 g/mol. The van der Waals surface area contributed by atoms with Gasteiger partial charge in [-0.3, -0.25) is 4.79 Å². The molecule has 0 saturated carbocycles. The number of hydrogen-bond donors (Lipinski definition) is 1. The molecule has 1 aliphatic heterocycles. The topological polar surface area (TPSA) is 40.5 Å². The number of hydrogen-bond acceptors (Lipinski definition) is 2. The summed E-state index contributed by atoms with van der Waals surface area (Å²) in [6, 6.07) is 8.19. The summed E-state index contributed by atoms with van der Waals surface area (Å²) in [5.74, 6) is 0.276. The van der Waals surface area contributed by atoms with Crippen molar-refractivity contribution >= 4 is 5.91 Å². The Morgan fingerprint density at radius 2 is 2.31 bits per heavy atom. The van der Waals surface area contributed by atoms with Gasteiger partial charge in [0.2, 0.25) is 5.91 Å². The summed E-state index contributed by atoms with van der Waals surface area (Å²) in [4.78, 5) is 13.5. The molecule has 0 aliphatic carbocycles. The molecule has 1 aliphatic rings. The van der Waals surface area contributed by atoms with Crippen LogP contribution in [0.4, 0.5) is 0 Å². The van der Waals surface area contributed by atoms with E-state index in [1.807, 2.05) is 30.0 Å². The van der Waals surface area contributed by atoms with Crippen molar-refractivity contribution in [1.82, 2.24) is 4.90 Å². The lowest BCUT2D eigenvalue weighted by molar-refractivity contribution is -0.128. The predicted octanol–water partition coefficient (Wildman–Crippen LogP) is 1.34. The largest absolute Gasteiger partial charge is 0.396 e. The van der Waals surface area contributed by atoms with Crippen molar-refractivity contribution in [2.24, 2.45) is 5.92 Å². The number of nitrogens with zero attached hydrogens (tertiary/aromatic N) is 1. The van der Waals surface area contributed by atoms with E-state index in [9.17, 15) is 4.79 Å². The van der Waals surface area contributed by atoms with Gasteiger partial charge in [-0.15, -0.1) is 0 Å². The number of benzene rings is 1. The van der Waals surface area contributed by atoms with Gasteiger partial charge in [0.25, 0.3) is 0 Å². The lowest BCUT2D eigenvalue weighted by atomic mass is 10.1. The number of aryl methyl sites for hydroxylation is 1. The first-order chi connectivity index (χ1) is 7.69. The summed E-state index contributed by atoms with van der Waals surface area (Å²) >= 11 is 0. The normalized spacial score (nSPS) is 20.5. The number of amides is 1. The average molecular weight is 219 g/mol. The summed E-state index contributed by atoms with van der Waals surface area (Å²) in [6.45, 7) is 3.50. The first kappa shape index (κ1) is 11.1. The van der Waals surface area contributed by atoms with Crippen LogP contribution in [0.1, 0.15) is 17.5 Å². The average Bonchev–Trinajstić information content (AvgIpc) is 2.60. The van der Waals surface area contributed by atoms with Gasteiger partial charge in [0.1, 0.15) is 0 Å². The van der Waals surface area contributed by atoms with E-state index in [0.717, 1.165) is 5.56 Å². The van der Waals surface area contributed by atoms with Crippen LogP contribution in [0.15, 0.2) is 24.3 Å². The predicted molar refractivity (Wildman–Crippen MR) is 61.8 cm³/mol. The van der Waals surface area contributed by atoms with Crippen LogP contribution in [0.2, 0.25) is 0 Å². The number of likely N-dealkylation sites (tertiary alicyclic amines) is 1. The summed E-state index contributed by atoms with van der Waals surface area (Å²) in [5.41, 5.74) is 2.37. The molecule has 1 fully saturated rings. The highest BCUT2D eigenvalue weighted by atomic mass is 16.3. The van der Waals surface area contributed by atoms with E-state index in [1.165, 1.54) is 5.56 Å². The minimum absolute atomic E-state index is 0.107. The highest BCUT2D eigenvalue weighted by Crippen LogP contribution is 2.19. The Morgan fingerprint density at radius 1 is 1.50 bits per heavy atom. The highest BCUT2D eigenvalue weighted by Gasteiger charge is 2.28. The van der Waals surface area contributed by atoms with Gasteiger partial charge in [-0.25, -0.2) is 0 Å². The minimum atomic E-state index is 0.107. The maximum Gasteiger partial charge on any atom is 0.223 e. The molecule has 1 heterocycles. The van der Waals surface area contributed by atoms with Crippen LogP contribution < -0.4 is 0 Å². The van der Waals surface area contributed by atoms with Gasteiger partial charge >= 0.3 is 0 Å². The van der Waals surface area contributed by atoms with E-state index in [1.54, 1.807) is 0 Å². The van der Waals surface area contributed by atoms with Crippen molar-refractivity contribution < 1.29 is 9.90 Å². The Bertz CT molecular complexity index is 389. The van der Waals surface area contributed by atoms with Crippen molar-refractivity contribution in [2.75, 3.05) is 13.2 Å². The molecule has 1 N–H and O–H groups in total. The molecule has 16 heavy (non-hydrogen) atoms. The van der Waals surface area contributed by atoms with E-state index in [-0.39, 0.29) is 18.4 Å². The van der Waals surface area contributed by atoms with Crippen LogP contribution in [-0.4, -0.2) is 29.1 Å². The summed E-state index contributed by atoms with van der Waals surface area (Å²) in [7, 11) is 0. The Morgan fingerprint density at radius 3 is 2.94 bits per heavy atom. The van der Waals surface area contributed by atoms with Gasteiger partial charge < -0.3 is 10.0 Å². The molecule has 0 aromatic heterocycles.